The van der Waals surface area contributed by atoms with Crippen LogP contribution in [0.1, 0.15) is 46.5 Å². The first-order chi connectivity index (χ1) is 13.7. The lowest BCUT2D eigenvalue weighted by atomic mass is 9.77. The Labute approximate surface area is 169 Å². The number of hydrogen-bond acceptors (Lipinski definition) is 6. The molecule has 0 bridgehead atoms. The third-order valence-corrected chi connectivity index (χ3v) is 7.71. The van der Waals surface area contributed by atoms with Gasteiger partial charge in [0.25, 0.3) is 5.91 Å². The van der Waals surface area contributed by atoms with Crippen LogP contribution in [0.3, 0.4) is 0 Å². The molecular formula is C21H26N4O2S. The smallest absolute Gasteiger partial charge is 0.255 e. The van der Waals surface area contributed by atoms with E-state index in [1.54, 1.807) is 29.9 Å². The minimum atomic E-state index is -0.424. The zero-order valence-electron chi connectivity index (χ0n) is 15.9. The number of nitrogens with one attached hydrogen (secondary N) is 1. The number of aryl methyl sites for hydroxylation is 1. The van der Waals surface area contributed by atoms with E-state index in [0.717, 1.165) is 44.3 Å². The maximum absolute atomic E-state index is 13.2. The number of likely N-dealkylation sites (tertiary alicyclic amines) is 1. The highest BCUT2D eigenvalue weighted by Gasteiger charge is 2.43. The molecule has 2 aromatic rings. The molecule has 6 nitrogen and oxygen atoms in total. The first-order valence-electron chi connectivity index (χ1n) is 10.3. The average Bonchev–Trinajstić information content (AvgIpc) is 3.32. The number of hydrogen-bond donors (Lipinski definition) is 2. The second kappa shape index (κ2) is 7.44. The lowest BCUT2D eigenvalue weighted by molar-refractivity contribution is 0.0727. The van der Waals surface area contributed by atoms with Crippen molar-refractivity contribution in [2.75, 3.05) is 18.4 Å². The molecule has 3 aliphatic rings. The Kier molecular flexibility index (Phi) is 4.80. The Hall–Kier alpha value is -1.99. The fourth-order valence-electron chi connectivity index (χ4n) is 5.16. The molecule has 2 fully saturated rings. The summed E-state index contributed by atoms with van der Waals surface area (Å²) in [5.74, 6) is 1.70. The molecule has 2 aromatic heterocycles. The molecule has 3 heterocycles. The number of aliphatic hydroxyl groups is 1. The molecule has 1 saturated heterocycles. The van der Waals surface area contributed by atoms with Crippen LogP contribution in [0.2, 0.25) is 0 Å². The maximum atomic E-state index is 13.2. The number of nitrogens with zero attached hydrogens (tertiary/aromatic N) is 3. The topological polar surface area (TPSA) is 78.4 Å². The molecule has 7 heteroatoms. The maximum Gasteiger partial charge on any atom is 0.255 e. The molecule has 28 heavy (non-hydrogen) atoms. The van der Waals surface area contributed by atoms with Gasteiger partial charge in [-0.3, -0.25) is 9.78 Å². The molecule has 148 valence electrons. The minimum absolute atomic E-state index is 0.0399. The largest absolute Gasteiger partial charge is 0.391 e. The van der Waals surface area contributed by atoms with Gasteiger partial charge in [0.15, 0.2) is 0 Å². The summed E-state index contributed by atoms with van der Waals surface area (Å²) < 4.78 is 0. The van der Waals surface area contributed by atoms with Crippen molar-refractivity contribution in [2.24, 2.45) is 11.8 Å². The fraction of sp³-hybridized carbons (Fsp3) is 0.571. The van der Waals surface area contributed by atoms with Gasteiger partial charge in [0.1, 0.15) is 5.82 Å². The van der Waals surface area contributed by atoms with Gasteiger partial charge in [-0.1, -0.05) is 0 Å². The van der Waals surface area contributed by atoms with Crippen LogP contribution < -0.4 is 5.32 Å². The van der Waals surface area contributed by atoms with Gasteiger partial charge < -0.3 is 15.3 Å². The van der Waals surface area contributed by atoms with Gasteiger partial charge in [0.05, 0.1) is 23.9 Å². The molecule has 0 spiro atoms. The standard InChI is InChI=1S/C21H26N4O2S/c26-18-8-14-11-25(21(27)16-12-28-19-4-2-1-3-15(16)19)10-13(14)7-17(18)24-20-9-22-5-6-23-20/h5-6,9,12-14,17-18,26H,1-4,7-8,10-11H2,(H,23,24)/t13-,14+,17-,18-/m1/s1. The molecule has 0 aromatic carbocycles. The highest BCUT2D eigenvalue weighted by atomic mass is 32.1. The molecule has 0 radical (unpaired) electrons. The summed E-state index contributed by atoms with van der Waals surface area (Å²) in [6, 6.07) is -0.0399. The zero-order chi connectivity index (χ0) is 19.1. The number of thiophene rings is 1. The summed E-state index contributed by atoms with van der Waals surface area (Å²) in [4.78, 5) is 25.0. The van der Waals surface area contributed by atoms with Crippen molar-refractivity contribution in [3.63, 3.8) is 0 Å². The van der Waals surface area contributed by atoms with Crippen molar-refractivity contribution < 1.29 is 9.90 Å². The van der Waals surface area contributed by atoms with Crippen LogP contribution in [-0.2, 0) is 12.8 Å². The van der Waals surface area contributed by atoms with Crippen LogP contribution in [0.4, 0.5) is 5.82 Å². The number of anilines is 1. The molecule has 2 aliphatic carbocycles. The quantitative estimate of drug-likeness (QED) is 0.831. The third kappa shape index (κ3) is 3.31. The van der Waals surface area contributed by atoms with Gasteiger partial charge in [-0.25, -0.2) is 4.98 Å². The van der Waals surface area contributed by atoms with Crippen LogP contribution in [0, 0.1) is 11.8 Å². The molecule has 5 rings (SSSR count). The first kappa shape index (κ1) is 18.1. The molecular weight excluding hydrogens is 372 g/mol. The van der Waals surface area contributed by atoms with Crippen molar-refractivity contribution in [3.05, 3.63) is 40.0 Å². The number of rotatable bonds is 3. The van der Waals surface area contributed by atoms with E-state index in [-0.39, 0.29) is 11.9 Å². The Morgan fingerprint density at radius 3 is 2.82 bits per heavy atom. The second-order valence-electron chi connectivity index (χ2n) is 8.37. The number of amides is 1. The van der Waals surface area contributed by atoms with E-state index in [1.807, 2.05) is 4.90 Å². The average molecular weight is 399 g/mol. The number of fused-ring (bicyclic) bond motifs is 2. The lowest BCUT2D eigenvalue weighted by Gasteiger charge is -2.35. The zero-order valence-corrected chi connectivity index (χ0v) is 16.7. The third-order valence-electron chi connectivity index (χ3n) is 6.62. The van der Waals surface area contributed by atoms with E-state index < -0.39 is 6.10 Å². The summed E-state index contributed by atoms with van der Waals surface area (Å²) >= 11 is 1.76. The Morgan fingerprint density at radius 2 is 2.00 bits per heavy atom. The summed E-state index contributed by atoms with van der Waals surface area (Å²) in [7, 11) is 0. The van der Waals surface area contributed by atoms with E-state index in [9.17, 15) is 9.90 Å². The van der Waals surface area contributed by atoms with Crippen LogP contribution in [0.15, 0.2) is 24.0 Å². The predicted molar refractivity (Wildman–Crippen MR) is 109 cm³/mol. The number of aliphatic hydroxyl groups excluding tert-OH is 1. The summed E-state index contributed by atoms with van der Waals surface area (Å²) in [6.07, 6.45) is 10.7. The summed E-state index contributed by atoms with van der Waals surface area (Å²) in [5, 5.41) is 16.0. The fourth-order valence-corrected chi connectivity index (χ4v) is 6.28. The molecule has 0 unspecified atom stereocenters. The Balaban J connectivity index is 1.27. The van der Waals surface area contributed by atoms with Crippen molar-refractivity contribution in [1.29, 1.82) is 0 Å². The highest BCUT2D eigenvalue weighted by molar-refractivity contribution is 7.10. The SMILES string of the molecule is O=C(c1csc2c1CCCC2)N1C[C@H]2C[C@@H](Nc3cnccn3)[C@H](O)C[C@H]2C1. The normalized spacial score (nSPS) is 29.2. The van der Waals surface area contributed by atoms with Crippen molar-refractivity contribution >= 4 is 23.1 Å². The van der Waals surface area contributed by atoms with E-state index >= 15 is 0 Å². The van der Waals surface area contributed by atoms with E-state index in [0.29, 0.717) is 17.7 Å². The van der Waals surface area contributed by atoms with E-state index in [1.165, 1.54) is 23.3 Å². The highest BCUT2D eigenvalue weighted by Crippen LogP contribution is 2.39. The number of carbonyl (C=O) groups excluding carboxylic acids is 1. The van der Waals surface area contributed by atoms with Crippen molar-refractivity contribution in [2.45, 2.75) is 50.7 Å². The first-order valence-corrected chi connectivity index (χ1v) is 11.2. The molecule has 4 atom stereocenters. The van der Waals surface area contributed by atoms with E-state index in [4.69, 9.17) is 0 Å². The number of carbonyl (C=O) groups is 1. The monoisotopic (exact) mass is 398 g/mol. The van der Waals surface area contributed by atoms with Crippen LogP contribution >= 0.6 is 11.3 Å². The van der Waals surface area contributed by atoms with Crippen LogP contribution in [0.25, 0.3) is 0 Å². The van der Waals surface area contributed by atoms with E-state index in [2.05, 4.69) is 20.7 Å². The lowest BCUT2D eigenvalue weighted by Crippen LogP contribution is -2.43. The second-order valence-corrected chi connectivity index (χ2v) is 9.33. The van der Waals surface area contributed by atoms with Gasteiger partial charge in [-0.05, 0) is 55.9 Å². The Morgan fingerprint density at radius 1 is 1.18 bits per heavy atom. The molecule has 2 N–H and O–H groups in total. The van der Waals surface area contributed by atoms with Crippen LogP contribution in [-0.4, -0.2) is 51.1 Å². The van der Waals surface area contributed by atoms with Crippen molar-refractivity contribution in [3.8, 4) is 0 Å². The molecule has 1 saturated carbocycles. The van der Waals surface area contributed by atoms with Gasteiger partial charge in [0.2, 0.25) is 0 Å². The Bertz CT molecular complexity index is 855. The summed E-state index contributed by atoms with van der Waals surface area (Å²) in [6.45, 7) is 1.56. The van der Waals surface area contributed by atoms with Crippen molar-refractivity contribution in [1.82, 2.24) is 14.9 Å². The van der Waals surface area contributed by atoms with Gasteiger partial charge >= 0.3 is 0 Å². The summed E-state index contributed by atoms with van der Waals surface area (Å²) in [5.41, 5.74) is 2.24. The van der Waals surface area contributed by atoms with Crippen LogP contribution in [0.5, 0.6) is 0 Å². The number of aromatic nitrogens is 2. The van der Waals surface area contributed by atoms with Gasteiger partial charge in [0, 0.05) is 35.7 Å². The predicted octanol–water partition coefficient (Wildman–Crippen LogP) is 2.74. The minimum Gasteiger partial charge on any atom is -0.391 e. The van der Waals surface area contributed by atoms with Gasteiger partial charge in [-0.15, -0.1) is 11.3 Å². The molecule has 1 aliphatic heterocycles. The molecule has 1 amide bonds. The van der Waals surface area contributed by atoms with Gasteiger partial charge in [-0.2, -0.15) is 0 Å².